The van der Waals surface area contributed by atoms with Gasteiger partial charge in [-0.05, 0) is 24.5 Å². The lowest BCUT2D eigenvalue weighted by atomic mass is 10.1. The molecule has 0 aliphatic carbocycles. The van der Waals surface area contributed by atoms with E-state index in [-0.39, 0.29) is 12.0 Å². The monoisotopic (exact) mass is 286 g/mol. The zero-order valence-electron chi connectivity index (χ0n) is 12.7. The Kier molecular flexibility index (Phi) is 3.97. The number of hydrogen-bond acceptors (Lipinski definition) is 2. The fourth-order valence-electron chi connectivity index (χ4n) is 3.20. The van der Waals surface area contributed by atoms with Crippen LogP contribution in [0.4, 0.5) is 0 Å². The van der Waals surface area contributed by atoms with Gasteiger partial charge in [-0.2, -0.15) is 0 Å². The average Bonchev–Trinajstić information content (AvgIpc) is 2.84. The molecule has 4 nitrogen and oxygen atoms in total. The van der Waals surface area contributed by atoms with Gasteiger partial charge < -0.3 is 14.2 Å². The summed E-state index contributed by atoms with van der Waals surface area (Å²) in [7, 11) is 3.75. The van der Waals surface area contributed by atoms with Gasteiger partial charge in [-0.1, -0.05) is 18.2 Å². The lowest BCUT2D eigenvalue weighted by Gasteiger charge is -2.32. The largest absolute Gasteiger partial charge is 0.380 e. The topological polar surface area (TPSA) is 34.5 Å². The molecule has 1 unspecified atom stereocenters. The van der Waals surface area contributed by atoms with E-state index < -0.39 is 0 Å². The van der Waals surface area contributed by atoms with Crippen LogP contribution in [0.2, 0.25) is 0 Å². The minimum Gasteiger partial charge on any atom is -0.380 e. The Morgan fingerprint density at radius 1 is 1.38 bits per heavy atom. The maximum atomic E-state index is 12.5. The van der Waals surface area contributed by atoms with Gasteiger partial charge in [-0.25, -0.2) is 0 Å². The van der Waals surface area contributed by atoms with E-state index in [2.05, 4.69) is 22.9 Å². The molecule has 21 heavy (non-hydrogen) atoms. The molecule has 0 radical (unpaired) electrons. The number of likely N-dealkylation sites (tertiary alicyclic amines) is 1. The van der Waals surface area contributed by atoms with Crippen LogP contribution in [0.15, 0.2) is 30.5 Å². The van der Waals surface area contributed by atoms with Gasteiger partial charge in [0.1, 0.15) is 0 Å². The van der Waals surface area contributed by atoms with Crippen LogP contribution in [0.1, 0.15) is 18.4 Å². The minimum absolute atomic E-state index is 0.190. The van der Waals surface area contributed by atoms with Gasteiger partial charge in [0, 0.05) is 44.3 Å². The number of para-hydroxylation sites is 1. The standard InChI is InChI=1S/C17H22N2O2/c1-18-11-13(15-7-3-4-8-16(15)18)10-17(20)19-9-5-6-14(12-19)21-2/h3-4,7-8,11,14H,5-6,9-10,12H2,1-2H3. The maximum Gasteiger partial charge on any atom is 0.227 e. The zero-order valence-corrected chi connectivity index (χ0v) is 12.7. The number of piperidine rings is 1. The molecule has 1 aliphatic rings. The maximum absolute atomic E-state index is 12.5. The van der Waals surface area contributed by atoms with Crippen molar-refractivity contribution in [1.29, 1.82) is 0 Å². The van der Waals surface area contributed by atoms with Gasteiger partial charge >= 0.3 is 0 Å². The number of benzene rings is 1. The number of methoxy groups -OCH3 is 1. The number of nitrogens with zero attached hydrogens (tertiary/aromatic N) is 2. The third-order valence-corrected chi connectivity index (χ3v) is 4.39. The average molecular weight is 286 g/mol. The highest BCUT2D eigenvalue weighted by molar-refractivity contribution is 5.89. The SMILES string of the molecule is COC1CCCN(C(=O)Cc2cn(C)c3ccccc23)C1. The second-order valence-electron chi connectivity index (χ2n) is 5.80. The normalized spacial score (nSPS) is 19.1. The number of rotatable bonds is 3. The van der Waals surface area contributed by atoms with E-state index in [0.717, 1.165) is 31.5 Å². The summed E-state index contributed by atoms with van der Waals surface area (Å²) in [5, 5.41) is 1.17. The summed E-state index contributed by atoms with van der Waals surface area (Å²) < 4.78 is 7.49. The van der Waals surface area contributed by atoms with Crippen LogP contribution >= 0.6 is 0 Å². The Bertz CT molecular complexity index is 647. The molecule has 112 valence electrons. The van der Waals surface area contributed by atoms with Crippen molar-refractivity contribution in [2.24, 2.45) is 7.05 Å². The number of carbonyl (C=O) groups is 1. The van der Waals surface area contributed by atoms with Crippen LogP contribution in [-0.4, -0.2) is 41.7 Å². The van der Waals surface area contributed by atoms with Crippen LogP contribution < -0.4 is 0 Å². The first-order chi connectivity index (χ1) is 10.2. The summed E-state index contributed by atoms with van der Waals surface area (Å²) in [6.45, 7) is 1.57. The second-order valence-corrected chi connectivity index (χ2v) is 5.80. The Morgan fingerprint density at radius 3 is 3.00 bits per heavy atom. The predicted octanol–water partition coefficient (Wildman–Crippen LogP) is 2.36. The first kappa shape index (κ1) is 14.1. The van der Waals surface area contributed by atoms with E-state index in [4.69, 9.17) is 4.74 Å². The molecule has 1 atom stereocenters. The van der Waals surface area contributed by atoms with Crippen molar-refractivity contribution in [2.75, 3.05) is 20.2 Å². The summed E-state index contributed by atoms with van der Waals surface area (Å²) in [6, 6.07) is 8.23. The number of hydrogen-bond donors (Lipinski definition) is 0. The fraction of sp³-hybridized carbons (Fsp3) is 0.471. The molecule has 1 aromatic carbocycles. The highest BCUT2D eigenvalue weighted by Gasteiger charge is 2.24. The fourth-order valence-corrected chi connectivity index (χ4v) is 3.20. The highest BCUT2D eigenvalue weighted by Crippen LogP contribution is 2.22. The van der Waals surface area contributed by atoms with E-state index in [9.17, 15) is 4.79 Å². The Morgan fingerprint density at radius 2 is 2.19 bits per heavy atom. The molecule has 0 bridgehead atoms. The summed E-state index contributed by atoms with van der Waals surface area (Å²) in [4.78, 5) is 14.5. The smallest absolute Gasteiger partial charge is 0.227 e. The van der Waals surface area contributed by atoms with Crippen molar-refractivity contribution in [3.8, 4) is 0 Å². The van der Waals surface area contributed by atoms with Crippen LogP contribution in [0.3, 0.4) is 0 Å². The first-order valence-electron chi connectivity index (χ1n) is 7.52. The lowest BCUT2D eigenvalue weighted by molar-refractivity contribution is -0.133. The van der Waals surface area contributed by atoms with Gasteiger partial charge in [0.2, 0.25) is 5.91 Å². The molecule has 1 amide bonds. The third kappa shape index (κ3) is 2.81. The van der Waals surface area contributed by atoms with Gasteiger partial charge in [0.05, 0.1) is 12.5 Å². The molecule has 0 saturated carbocycles. The molecular formula is C17H22N2O2. The first-order valence-corrected chi connectivity index (χ1v) is 7.52. The minimum atomic E-state index is 0.190. The Balaban J connectivity index is 1.77. The molecule has 3 rings (SSSR count). The molecule has 1 fully saturated rings. The van der Waals surface area contributed by atoms with Crippen LogP contribution in [0.25, 0.3) is 10.9 Å². The van der Waals surface area contributed by atoms with Crippen molar-refractivity contribution in [1.82, 2.24) is 9.47 Å². The summed E-state index contributed by atoms with van der Waals surface area (Å²) >= 11 is 0. The zero-order chi connectivity index (χ0) is 14.8. The van der Waals surface area contributed by atoms with Crippen molar-refractivity contribution in [3.63, 3.8) is 0 Å². The molecule has 1 aromatic heterocycles. The number of aryl methyl sites for hydroxylation is 1. The number of carbonyl (C=O) groups excluding carboxylic acids is 1. The van der Waals surface area contributed by atoms with Crippen LogP contribution in [0, 0.1) is 0 Å². The molecule has 2 heterocycles. The molecule has 2 aromatic rings. The lowest BCUT2D eigenvalue weighted by Crippen LogP contribution is -2.43. The molecule has 0 N–H and O–H groups in total. The summed E-state index contributed by atoms with van der Waals surface area (Å²) in [5.74, 6) is 0.202. The van der Waals surface area contributed by atoms with Crippen LogP contribution in [-0.2, 0) is 23.0 Å². The van der Waals surface area contributed by atoms with E-state index >= 15 is 0 Å². The van der Waals surface area contributed by atoms with Gasteiger partial charge in [-0.3, -0.25) is 4.79 Å². The number of aromatic nitrogens is 1. The number of amides is 1. The van der Waals surface area contributed by atoms with Gasteiger partial charge in [-0.15, -0.1) is 0 Å². The van der Waals surface area contributed by atoms with E-state index in [1.54, 1.807) is 7.11 Å². The van der Waals surface area contributed by atoms with Crippen LogP contribution in [0.5, 0.6) is 0 Å². The van der Waals surface area contributed by atoms with E-state index in [1.165, 1.54) is 10.9 Å². The van der Waals surface area contributed by atoms with E-state index in [1.807, 2.05) is 24.1 Å². The van der Waals surface area contributed by atoms with Crippen molar-refractivity contribution >= 4 is 16.8 Å². The highest BCUT2D eigenvalue weighted by atomic mass is 16.5. The van der Waals surface area contributed by atoms with Crippen molar-refractivity contribution in [2.45, 2.75) is 25.4 Å². The van der Waals surface area contributed by atoms with Crippen molar-refractivity contribution < 1.29 is 9.53 Å². The van der Waals surface area contributed by atoms with Gasteiger partial charge in [0.25, 0.3) is 0 Å². The number of fused-ring (bicyclic) bond motifs is 1. The third-order valence-electron chi connectivity index (χ3n) is 4.39. The molecule has 0 spiro atoms. The molecule has 1 saturated heterocycles. The quantitative estimate of drug-likeness (QED) is 0.868. The Hall–Kier alpha value is -1.81. The summed E-state index contributed by atoms with van der Waals surface area (Å²) in [5.41, 5.74) is 2.28. The molecule has 1 aliphatic heterocycles. The number of ether oxygens (including phenoxy) is 1. The molecule has 4 heteroatoms. The predicted molar refractivity (Wildman–Crippen MR) is 83.2 cm³/mol. The van der Waals surface area contributed by atoms with Gasteiger partial charge in [0.15, 0.2) is 0 Å². The molecular weight excluding hydrogens is 264 g/mol. The van der Waals surface area contributed by atoms with E-state index in [0.29, 0.717) is 6.42 Å². The van der Waals surface area contributed by atoms with Crippen molar-refractivity contribution in [3.05, 3.63) is 36.0 Å². The summed E-state index contributed by atoms with van der Waals surface area (Å²) in [6.07, 6.45) is 4.81. The Labute approximate surface area is 125 Å². The second kappa shape index (κ2) is 5.90.